The van der Waals surface area contributed by atoms with E-state index in [0.29, 0.717) is 6.54 Å². The van der Waals surface area contributed by atoms with Crippen LogP contribution in [-0.2, 0) is 6.42 Å². The van der Waals surface area contributed by atoms with Gasteiger partial charge in [0.25, 0.3) is 0 Å². The summed E-state index contributed by atoms with van der Waals surface area (Å²) in [7, 11) is 0. The number of rotatable bonds is 4. The van der Waals surface area contributed by atoms with Crippen molar-refractivity contribution in [1.29, 1.82) is 0 Å². The van der Waals surface area contributed by atoms with Crippen molar-refractivity contribution in [2.24, 2.45) is 23.0 Å². The average molecular weight is 298 g/mol. The molecular weight excluding hydrogens is 273 g/mol. The van der Waals surface area contributed by atoms with Crippen molar-refractivity contribution in [3.05, 3.63) is 34.6 Å². The maximum Gasteiger partial charge on any atom is 0.142 e. The molecule has 1 saturated carbocycles. The molecule has 0 atom stereocenters. The molecule has 1 aromatic carbocycles. The van der Waals surface area contributed by atoms with Gasteiger partial charge in [-0.3, -0.25) is 0 Å². The fraction of sp³-hybridized carbons (Fsp3) is 0.647. The van der Waals surface area contributed by atoms with Crippen molar-refractivity contribution < 1.29 is 4.39 Å². The Morgan fingerprint density at radius 3 is 2.55 bits per heavy atom. The van der Waals surface area contributed by atoms with Crippen LogP contribution in [0.5, 0.6) is 0 Å². The Hall–Kier alpha value is -0.600. The normalized spacial score (nSPS) is 27.0. The first-order valence-electron chi connectivity index (χ1n) is 7.60. The van der Waals surface area contributed by atoms with Gasteiger partial charge < -0.3 is 5.73 Å². The fourth-order valence-corrected chi connectivity index (χ4v) is 3.65. The molecule has 1 nitrogen and oxygen atoms in total. The fourth-order valence-electron chi connectivity index (χ4n) is 3.46. The predicted molar refractivity (Wildman–Crippen MR) is 83.4 cm³/mol. The Bertz CT molecular complexity index is 450. The van der Waals surface area contributed by atoms with Gasteiger partial charge in [-0.1, -0.05) is 37.6 Å². The zero-order valence-electron chi connectivity index (χ0n) is 12.5. The molecule has 2 N–H and O–H groups in total. The average Bonchev–Trinajstić information content (AvgIpc) is 2.44. The minimum Gasteiger partial charge on any atom is -0.330 e. The van der Waals surface area contributed by atoms with Crippen LogP contribution in [0.4, 0.5) is 4.39 Å². The number of benzene rings is 1. The number of hydrogen-bond donors (Lipinski definition) is 1. The standard InChI is InChI=1S/C17H25ClFN/c1-12(2)13-6-8-17(11-20,9-7-13)10-14-4-3-5-15(19)16(14)18/h3-5,12-13H,6-11,20H2,1-2H3. The molecule has 0 aliphatic heterocycles. The molecule has 0 bridgehead atoms. The van der Waals surface area contributed by atoms with E-state index >= 15 is 0 Å². The van der Waals surface area contributed by atoms with E-state index in [1.807, 2.05) is 6.07 Å². The van der Waals surface area contributed by atoms with E-state index in [4.69, 9.17) is 17.3 Å². The minimum absolute atomic E-state index is 0.100. The summed E-state index contributed by atoms with van der Waals surface area (Å²) >= 11 is 6.09. The van der Waals surface area contributed by atoms with Crippen molar-refractivity contribution >= 4 is 11.6 Å². The van der Waals surface area contributed by atoms with Gasteiger partial charge in [-0.2, -0.15) is 0 Å². The van der Waals surface area contributed by atoms with E-state index in [2.05, 4.69) is 13.8 Å². The third-order valence-corrected chi connectivity index (χ3v) is 5.49. The topological polar surface area (TPSA) is 26.0 Å². The monoisotopic (exact) mass is 297 g/mol. The molecule has 0 heterocycles. The lowest BCUT2D eigenvalue weighted by atomic mass is 9.65. The first kappa shape index (κ1) is 15.8. The highest BCUT2D eigenvalue weighted by Crippen LogP contribution is 2.43. The molecule has 1 fully saturated rings. The van der Waals surface area contributed by atoms with Crippen LogP contribution in [-0.4, -0.2) is 6.54 Å². The number of hydrogen-bond acceptors (Lipinski definition) is 1. The summed E-state index contributed by atoms with van der Waals surface area (Å²) in [5.74, 6) is 1.22. The Labute approximate surface area is 126 Å². The molecule has 2 rings (SSSR count). The maximum atomic E-state index is 13.6. The highest BCUT2D eigenvalue weighted by Gasteiger charge is 2.35. The lowest BCUT2D eigenvalue weighted by Gasteiger charge is -2.41. The highest BCUT2D eigenvalue weighted by atomic mass is 35.5. The highest BCUT2D eigenvalue weighted by molar-refractivity contribution is 6.31. The van der Waals surface area contributed by atoms with Crippen molar-refractivity contribution in [2.45, 2.75) is 46.0 Å². The summed E-state index contributed by atoms with van der Waals surface area (Å²) in [4.78, 5) is 0. The second kappa shape index (κ2) is 6.44. The molecule has 0 radical (unpaired) electrons. The molecular formula is C17H25ClFN. The molecule has 0 unspecified atom stereocenters. The number of halogens is 2. The molecule has 1 aliphatic carbocycles. The van der Waals surface area contributed by atoms with Crippen LogP contribution in [0, 0.1) is 23.1 Å². The predicted octanol–water partition coefficient (Wildman–Crippen LogP) is 4.81. The number of nitrogens with two attached hydrogens (primary N) is 1. The summed E-state index contributed by atoms with van der Waals surface area (Å²) < 4.78 is 13.6. The van der Waals surface area contributed by atoms with E-state index in [-0.39, 0.29) is 16.3 Å². The largest absolute Gasteiger partial charge is 0.330 e. The van der Waals surface area contributed by atoms with Gasteiger partial charge in [0.15, 0.2) is 0 Å². The summed E-state index contributed by atoms with van der Waals surface area (Å²) in [5.41, 5.74) is 7.06. The van der Waals surface area contributed by atoms with Crippen molar-refractivity contribution in [3.63, 3.8) is 0 Å². The second-order valence-corrected chi connectivity index (χ2v) is 7.05. The molecule has 0 aromatic heterocycles. The molecule has 0 amide bonds. The third-order valence-electron chi connectivity index (χ3n) is 5.06. The summed E-state index contributed by atoms with van der Waals surface area (Å²) in [6.07, 6.45) is 5.49. The van der Waals surface area contributed by atoms with Gasteiger partial charge in [0.2, 0.25) is 0 Å². The van der Waals surface area contributed by atoms with Crippen LogP contribution in [0.25, 0.3) is 0 Å². The molecule has 112 valence electrons. The Morgan fingerprint density at radius 1 is 1.35 bits per heavy atom. The van der Waals surface area contributed by atoms with E-state index in [1.165, 1.54) is 18.9 Å². The molecule has 1 aliphatic rings. The van der Waals surface area contributed by atoms with Gasteiger partial charge in [0.1, 0.15) is 5.82 Å². The third kappa shape index (κ3) is 3.35. The molecule has 0 saturated heterocycles. The van der Waals surface area contributed by atoms with Crippen LogP contribution in [0.15, 0.2) is 18.2 Å². The second-order valence-electron chi connectivity index (χ2n) is 6.68. The lowest BCUT2D eigenvalue weighted by Crippen LogP contribution is -2.37. The quantitative estimate of drug-likeness (QED) is 0.847. The molecule has 1 aromatic rings. The Morgan fingerprint density at radius 2 is 2.00 bits per heavy atom. The minimum atomic E-state index is -0.327. The van der Waals surface area contributed by atoms with Crippen LogP contribution in [0.3, 0.4) is 0 Å². The smallest absolute Gasteiger partial charge is 0.142 e. The first-order valence-corrected chi connectivity index (χ1v) is 7.98. The first-order chi connectivity index (χ1) is 9.47. The lowest BCUT2D eigenvalue weighted by molar-refractivity contribution is 0.132. The van der Waals surface area contributed by atoms with Crippen molar-refractivity contribution in [1.82, 2.24) is 0 Å². The van der Waals surface area contributed by atoms with E-state index in [9.17, 15) is 4.39 Å². The van der Waals surface area contributed by atoms with Gasteiger partial charge in [-0.25, -0.2) is 4.39 Å². The van der Waals surface area contributed by atoms with Gasteiger partial charge in [-0.05, 0) is 67.5 Å². The maximum absolute atomic E-state index is 13.6. The van der Waals surface area contributed by atoms with Crippen LogP contribution in [0.2, 0.25) is 5.02 Å². The van der Waals surface area contributed by atoms with Crippen molar-refractivity contribution in [3.8, 4) is 0 Å². The molecule has 20 heavy (non-hydrogen) atoms. The Kier molecular flexibility index (Phi) is 5.09. The van der Waals surface area contributed by atoms with Crippen LogP contribution < -0.4 is 5.73 Å². The van der Waals surface area contributed by atoms with E-state index in [1.54, 1.807) is 6.07 Å². The summed E-state index contributed by atoms with van der Waals surface area (Å²) in [6.45, 7) is 5.25. The van der Waals surface area contributed by atoms with Crippen LogP contribution >= 0.6 is 11.6 Å². The van der Waals surface area contributed by atoms with Gasteiger partial charge in [-0.15, -0.1) is 0 Å². The van der Waals surface area contributed by atoms with E-state index in [0.717, 1.165) is 36.7 Å². The van der Waals surface area contributed by atoms with Crippen molar-refractivity contribution in [2.75, 3.05) is 6.54 Å². The van der Waals surface area contributed by atoms with E-state index < -0.39 is 0 Å². The van der Waals surface area contributed by atoms with Gasteiger partial charge in [0.05, 0.1) is 5.02 Å². The Balaban J connectivity index is 2.11. The zero-order chi connectivity index (χ0) is 14.8. The SMILES string of the molecule is CC(C)C1CCC(CN)(Cc2cccc(F)c2Cl)CC1. The van der Waals surface area contributed by atoms with Gasteiger partial charge >= 0.3 is 0 Å². The summed E-state index contributed by atoms with van der Waals surface area (Å²) in [5, 5.41) is 0.270. The molecule has 3 heteroatoms. The van der Waals surface area contributed by atoms with Gasteiger partial charge in [0, 0.05) is 0 Å². The molecule has 0 spiro atoms. The zero-order valence-corrected chi connectivity index (χ0v) is 13.2. The summed E-state index contributed by atoms with van der Waals surface area (Å²) in [6, 6.07) is 5.08. The van der Waals surface area contributed by atoms with Crippen LogP contribution in [0.1, 0.15) is 45.1 Å².